The number of rotatable bonds is 12. The van der Waals surface area contributed by atoms with Gasteiger partial charge in [-0.25, -0.2) is 9.18 Å². The number of halogens is 1. The monoisotopic (exact) mass is 501 g/mol. The van der Waals surface area contributed by atoms with Crippen LogP contribution in [0.4, 0.5) is 10.1 Å². The first-order valence-electron chi connectivity index (χ1n) is 11.9. The highest BCUT2D eigenvalue weighted by Crippen LogP contribution is 2.33. The molecule has 0 radical (unpaired) electrons. The minimum absolute atomic E-state index is 0.0820. The largest absolute Gasteiger partial charge is 0.478 e. The minimum atomic E-state index is -1.09. The van der Waals surface area contributed by atoms with Gasteiger partial charge in [0.05, 0.1) is 11.9 Å². The lowest BCUT2D eigenvalue weighted by molar-refractivity contribution is 0.0696. The molecule has 0 atom stereocenters. The zero-order valence-corrected chi connectivity index (χ0v) is 22.7. The number of hydrogen-bond acceptors (Lipinski definition) is 3. The summed E-state index contributed by atoms with van der Waals surface area (Å²) >= 11 is 5.40. The van der Waals surface area contributed by atoms with Crippen LogP contribution in [0.5, 0.6) is 0 Å². The van der Waals surface area contributed by atoms with E-state index in [4.69, 9.17) is 12.2 Å². The summed E-state index contributed by atoms with van der Waals surface area (Å²) < 4.78 is 13.1. The average Bonchev–Trinajstić information content (AvgIpc) is 2.77. The molecule has 0 heterocycles. The predicted molar refractivity (Wildman–Crippen MR) is 151 cm³/mol. The van der Waals surface area contributed by atoms with Crippen molar-refractivity contribution in [3.05, 3.63) is 71.6 Å². The number of nitrogens with zero attached hydrogens (tertiary/aromatic N) is 1. The van der Waals surface area contributed by atoms with E-state index in [-0.39, 0.29) is 5.56 Å². The Hall–Kier alpha value is -2.77. The maximum atomic E-state index is 13.1. The van der Waals surface area contributed by atoms with E-state index >= 15 is 0 Å². The van der Waals surface area contributed by atoms with E-state index in [1.165, 1.54) is 12.1 Å². The molecule has 0 unspecified atom stereocenters. The van der Waals surface area contributed by atoms with E-state index < -0.39 is 5.97 Å². The number of thiocarbonyl (C=S) groups is 1. The zero-order chi connectivity index (χ0) is 26.6. The zero-order valence-electron chi connectivity index (χ0n) is 21.9. The third-order valence-corrected chi connectivity index (χ3v) is 5.70. The number of carboxylic acids is 1. The molecule has 1 rings (SSSR count). The summed E-state index contributed by atoms with van der Waals surface area (Å²) in [6, 6.07) is 5.01. The highest BCUT2D eigenvalue weighted by atomic mass is 32.1. The number of hydrogen-bond donors (Lipinski definition) is 3. The number of aromatic carboxylic acids is 1. The lowest BCUT2D eigenvalue weighted by Gasteiger charge is -2.23. The molecule has 0 bridgehead atoms. The molecule has 0 aromatic heterocycles. The summed E-state index contributed by atoms with van der Waals surface area (Å²) in [7, 11) is 2.08. The van der Waals surface area contributed by atoms with E-state index in [1.54, 1.807) is 18.2 Å². The van der Waals surface area contributed by atoms with Gasteiger partial charge in [-0.3, -0.25) is 0 Å². The first-order valence-corrected chi connectivity index (χ1v) is 12.3. The van der Waals surface area contributed by atoms with Crippen molar-refractivity contribution in [3.8, 4) is 0 Å². The first kappa shape index (κ1) is 30.3. The molecule has 0 amide bonds. The Kier molecular flexibility index (Phi) is 12.6. The van der Waals surface area contributed by atoms with Crippen LogP contribution in [-0.4, -0.2) is 47.8 Å². The highest BCUT2D eigenvalue weighted by molar-refractivity contribution is 7.80. The van der Waals surface area contributed by atoms with Crippen molar-refractivity contribution in [3.63, 3.8) is 0 Å². The highest BCUT2D eigenvalue weighted by Gasteiger charge is 2.18. The van der Waals surface area contributed by atoms with Gasteiger partial charge in [-0.15, -0.1) is 0 Å². The topological polar surface area (TPSA) is 64.6 Å². The second kappa shape index (κ2) is 14.6. The predicted octanol–water partition coefficient (Wildman–Crippen LogP) is 6.82. The molecule has 0 fully saturated rings. The van der Waals surface area contributed by atoms with Crippen molar-refractivity contribution in [2.24, 2.45) is 5.41 Å². The number of carboxylic acid groups (broad SMARTS) is 1. The summed E-state index contributed by atoms with van der Waals surface area (Å²) in [5.74, 6) is -1.09. The quantitative estimate of drug-likeness (QED) is 0.216. The smallest absolute Gasteiger partial charge is 0.336 e. The Morgan fingerprint density at radius 1 is 1.23 bits per heavy atom. The van der Waals surface area contributed by atoms with Crippen LogP contribution in [-0.2, 0) is 0 Å². The third-order valence-electron chi connectivity index (χ3n) is 5.45. The van der Waals surface area contributed by atoms with Gasteiger partial charge in [-0.05, 0) is 91.5 Å². The van der Waals surface area contributed by atoms with E-state index in [0.29, 0.717) is 57.8 Å². The van der Waals surface area contributed by atoms with Crippen molar-refractivity contribution in [1.82, 2.24) is 10.2 Å². The van der Waals surface area contributed by atoms with Gasteiger partial charge in [0.2, 0.25) is 0 Å². The Morgan fingerprint density at radius 3 is 2.46 bits per heavy atom. The summed E-state index contributed by atoms with van der Waals surface area (Å²) in [6.45, 7) is 17.0. The Morgan fingerprint density at radius 2 is 1.91 bits per heavy atom. The molecule has 7 heteroatoms. The fourth-order valence-electron chi connectivity index (χ4n) is 3.48. The molecule has 3 N–H and O–H groups in total. The molecule has 0 aliphatic carbocycles. The number of nitrogens with one attached hydrogen (secondary N) is 2. The molecule has 0 aliphatic rings. The molecule has 0 aliphatic heterocycles. The number of carbonyl (C=O) groups is 1. The Labute approximate surface area is 215 Å². The molecule has 0 saturated carbocycles. The van der Waals surface area contributed by atoms with Crippen molar-refractivity contribution in [2.45, 2.75) is 47.5 Å². The van der Waals surface area contributed by atoms with Crippen LogP contribution in [0.3, 0.4) is 0 Å². The molecule has 1 aromatic rings. The summed E-state index contributed by atoms with van der Waals surface area (Å²) in [4.78, 5) is 14.4. The third kappa shape index (κ3) is 10.6. The molecule has 1 aromatic carbocycles. The number of anilines is 1. The molecule has 35 heavy (non-hydrogen) atoms. The normalized spacial score (nSPS) is 12.8. The van der Waals surface area contributed by atoms with Crippen molar-refractivity contribution in [1.29, 1.82) is 0 Å². The summed E-state index contributed by atoms with van der Waals surface area (Å²) in [5.41, 5.74) is 3.27. The average molecular weight is 502 g/mol. The van der Waals surface area contributed by atoms with E-state index in [0.717, 1.165) is 19.5 Å². The second-order valence-electron chi connectivity index (χ2n) is 9.63. The van der Waals surface area contributed by atoms with Crippen LogP contribution in [0.2, 0.25) is 0 Å². The standard InChI is InChI=1S/C28H40FN3O2S/c1-8-10-20(3)25(21(9-2)13-15-29)23-12-11-22(19-24(23)26(33)34)31-27(35)30-16-18-32(7)17-14-28(4,5)6/h8,10-13,15,19H,3,9,14,16-18H2,1-2,4-7H3,(H,33,34)(H2,30,31,35)/b10-8-,15-13-,25-21-. The SMILES string of the molecule is C=C(/C=C\C)/C(=C(/C=C\F)CC)c1ccc(NC(=S)NCCN(C)CCC(C)(C)C)cc1C(=O)O. The van der Waals surface area contributed by atoms with Crippen LogP contribution in [0.1, 0.15) is 63.4 Å². The van der Waals surface area contributed by atoms with Gasteiger partial charge in [0.15, 0.2) is 5.11 Å². The van der Waals surface area contributed by atoms with E-state index in [9.17, 15) is 14.3 Å². The fraction of sp³-hybridized carbons (Fsp3) is 0.429. The van der Waals surface area contributed by atoms with Crippen LogP contribution in [0.25, 0.3) is 5.57 Å². The number of benzene rings is 1. The van der Waals surface area contributed by atoms with Gasteiger partial charge in [0.1, 0.15) is 0 Å². The molecule has 0 spiro atoms. The molecular weight excluding hydrogens is 461 g/mol. The van der Waals surface area contributed by atoms with Crippen molar-refractivity contribution in [2.75, 3.05) is 32.0 Å². The summed E-state index contributed by atoms with van der Waals surface area (Å²) in [6.07, 6.45) is 7.03. The van der Waals surface area contributed by atoms with Crippen LogP contribution >= 0.6 is 12.2 Å². The van der Waals surface area contributed by atoms with E-state index in [2.05, 4.69) is 49.9 Å². The van der Waals surface area contributed by atoms with Gasteiger partial charge in [-0.2, -0.15) is 0 Å². The van der Waals surface area contributed by atoms with Crippen LogP contribution in [0.15, 0.2) is 60.5 Å². The fourth-order valence-corrected chi connectivity index (χ4v) is 3.70. The van der Waals surface area contributed by atoms with Gasteiger partial charge in [-0.1, -0.05) is 52.5 Å². The summed E-state index contributed by atoms with van der Waals surface area (Å²) in [5, 5.41) is 16.6. The minimum Gasteiger partial charge on any atom is -0.478 e. The molecule has 192 valence electrons. The van der Waals surface area contributed by atoms with Crippen LogP contribution < -0.4 is 10.6 Å². The number of likely N-dealkylation sites (N-methyl/N-ethyl adjacent to an activating group) is 1. The van der Waals surface area contributed by atoms with E-state index in [1.807, 2.05) is 19.9 Å². The first-order chi connectivity index (χ1) is 16.4. The second-order valence-corrected chi connectivity index (χ2v) is 10.0. The molecule has 5 nitrogen and oxygen atoms in total. The Balaban J connectivity index is 3.06. The van der Waals surface area contributed by atoms with Crippen molar-refractivity contribution < 1.29 is 14.3 Å². The van der Waals surface area contributed by atoms with Gasteiger partial charge in [0.25, 0.3) is 0 Å². The lowest BCUT2D eigenvalue weighted by Crippen LogP contribution is -2.36. The molecule has 0 saturated heterocycles. The lowest BCUT2D eigenvalue weighted by atomic mass is 9.88. The Bertz CT molecular complexity index is 990. The number of allylic oxidation sites excluding steroid dienone is 6. The van der Waals surface area contributed by atoms with Crippen molar-refractivity contribution >= 4 is 34.6 Å². The van der Waals surface area contributed by atoms with Gasteiger partial charge < -0.3 is 20.6 Å². The van der Waals surface area contributed by atoms with Crippen LogP contribution in [0, 0.1) is 5.41 Å². The molecular formula is C28H40FN3O2S. The maximum absolute atomic E-state index is 13.1. The maximum Gasteiger partial charge on any atom is 0.336 e. The van der Waals surface area contributed by atoms with Gasteiger partial charge in [0, 0.05) is 18.8 Å². The van der Waals surface area contributed by atoms with Gasteiger partial charge >= 0.3 is 5.97 Å².